The van der Waals surface area contributed by atoms with Crippen LogP contribution in [-0.2, 0) is 0 Å². The van der Waals surface area contributed by atoms with Crippen LogP contribution in [0.5, 0.6) is 5.75 Å². The number of benzene rings is 1. The van der Waals surface area contributed by atoms with Crippen molar-refractivity contribution in [3.63, 3.8) is 0 Å². The molecule has 0 amide bonds. The highest BCUT2D eigenvalue weighted by Crippen LogP contribution is 2.28. The first-order valence-corrected chi connectivity index (χ1v) is 6.67. The number of hydrogen-bond acceptors (Lipinski definition) is 4. The molecule has 3 nitrogen and oxygen atoms in total. The molecule has 1 aliphatic carbocycles. The van der Waals surface area contributed by atoms with E-state index in [-0.39, 0.29) is 6.04 Å². The second-order valence-corrected chi connectivity index (χ2v) is 5.00. The lowest BCUT2D eigenvalue weighted by Crippen LogP contribution is -2.12. The summed E-state index contributed by atoms with van der Waals surface area (Å²) >= 11 is 1.57. The van der Waals surface area contributed by atoms with E-state index in [0.29, 0.717) is 6.10 Å². The Balaban J connectivity index is 1.74. The van der Waals surface area contributed by atoms with E-state index in [1.54, 1.807) is 16.8 Å². The maximum absolute atomic E-state index is 6.13. The molecule has 1 saturated carbocycles. The molecule has 1 aromatic carbocycles. The van der Waals surface area contributed by atoms with E-state index in [1.165, 1.54) is 12.8 Å². The van der Waals surface area contributed by atoms with Gasteiger partial charge in [0.15, 0.2) is 0 Å². The van der Waals surface area contributed by atoms with Crippen LogP contribution in [0.3, 0.4) is 0 Å². The molecule has 0 saturated heterocycles. The fourth-order valence-corrected chi connectivity index (χ4v) is 2.27. The van der Waals surface area contributed by atoms with Crippen molar-refractivity contribution in [1.82, 2.24) is 4.98 Å². The summed E-state index contributed by atoms with van der Waals surface area (Å²) in [7, 11) is 0. The average Bonchev–Trinajstić information content (AvgIpc) is 3.00. The molecule has 88 valence electrons. The van der Waals surface area contributed by atoms with Crippen molar-refractivity contribution < 1.29 is 4.74 Å². The molecule has 0 radical (unpaired) electrons. The van der Waals surface area contributed by atoms with Crippen LogP contribution in [0.1, 0.15) is 30.1 Å². The first kappa shape index (κ1) is 10.7. The molecule has 1 unspecified atom stereocenters. The molecule has 0 aliphatic heterocycles. The predicted molar refractivity (Wildman–Crippen MR) is 68.2 cm³/mol. The highest BCUT2D eigenvalue weighted by atomic mass is 32.1. The maximum atomic E-state index is 6.13. The van der Waals surface area contributed by atoms with Gasteiger partial charge in [0.2, 0.25) is 0 Å². The molecular weight excluding hydrogens is 232 g/mol. The lowest BCUT2D eigenvalue weighted by molar-refractivity contribution is 0.303. The average molecular weight is 246 g/mol. The minimum absolute atomic E-state index is 0.142. The fraction of sp³-hybridized carbons (Fsp3) is 0.308. The molecule has 17 heavy (non-hydrogen) atoms. The Morgan fingerprint density at radius 1 is 1.29 bits per heavy atom. The van der Waals surface area contributed by atoms with E-state index < -0.39 is 0 Å². The van der Waals surface area contributed by atoms with Gasteiger partial charge in [0.1, 0.15) is 5.75 Å². The summed E-state index contributed by atoms with van der Waals surface area (Å²) in [6, 6.07) is 7.86. The van der Waals surface area contributed by atoms with Gasteiger partial charge in [0.05, 0.1) is 23.4 Å². The van der Waals surface area contributed by atoms with Gasteiger partial charge >= 0.3 is 0 Å². The van der Waals surface area contributed by atoms with Gasteiger partial charge in [-0.1, -0.05) is 12.1 Å². The van der Waals surface area contributed by atoms with Crippen molar-refractivity contribution >= 4 is 11.3 Å². The van der Waals surface area contributed by atoms with Crippen molar-refractivity contribution in [2.75, 3.05) is 0 Å². The van der Waals surface area contributed by atoms with E-state index >= 15 is 0 Å². The lowest BCUT2D eigenvalue weighted by atomic mass is 10.1. The minimum atomic E-state index is -0.142. The first-order chi connectivity index (χ1) is 8.33. The summed E-state index contributed by atoms with van der Waals surface area (Å²) in [5, 5.41) is 1.99. The Labute approximate surface area is 104 Å². The monoisotopic (exact) mass is 246 g/mol. The van der Waals surface area contributed by atoms with Crippen LogP contribution >= 0.6 is 11.3 Å². The van der Waals surface area contributed by atoms with Crippen molar-refractivity contribution in [1.29, 1.82) is 0 Å². The van der Waals surface area contributed by atoms with Gasteiger partial charge in [0.25, 0.3) is 0 Å². The van der Waals surface area contributed by atoms with Crippen LogP contribution in [0.25, 0.3) is 0 Å². The third-order valence-electron chi connectivity index (χ3n) is 2.84. The van der Waals surface area contributed by atoms with Gasteiger partial charge in [-0.25, -0.2) is 4.98 Å². The molecule has 2 N–H and O–H groups in total. The molecule has 1 aromatic heterocycles. The van der Waals surface area contributed by atoms with Crippen LogP contribution in [0, 0.1) is 0 Å². The van der Waals surface area contributed by atoms with Crippen molar-refractivity contribution in [2.24, 2.45) is 5.73 Å². The van der Waals surface area contributed by atoms with E-state index in [2.05, 4.69) is 4.98 Å². The SMILES string of the molecule is NC(c1ccc(OC2CC2)cc1)c1cscn1. The van der Waals surface area contributed by atoms with Crippen LogP contribution in [0.2, 0.25) is 0 Å². The number of ether oxygens (including phenoxy) is 1. The van der Waals surface area contributed by atoms with Gasteiger partial charge in [0, 0.05) is 5.38 Å². The van der Waals surface area contributed by atoms with Crippen LogP contribution < -0.4 is 10.5 Å². The molecule has 4 heteroatoms. The molecule has 1 aliphatic rings. The summed E-state index contributed by atoms with van der Waals surface area (Å²) in [4.78, 5) is 4.24. The maximum Gasteiger partial charge on any atom is 0.119 e. The molecule has 0 spiro atoms. The van der Waals surface area contributed by atoms with Gasteiger partial charge in [-0.2, -0.15) is 0 Å². The predicted octanol–water partition coefficient (Wildman–Crippen LogP) is 2.73. The Bertz CT molecular complexity index is 477. The Morgan fingerprint density at radius 2 is 2.06 bits per heavy atom. The van der Waals surface area contributed by atoms with E-state index in [4.69, 9.17) is 10.5 Å². The topological polar surface area (TPSA) is 48.1 Å². The molecule has 2 aromatic rings. The van der Waals surface area contributed by atoms with E-state index in [0.717, 1.165) is 17.0 Å². The van der Waals surface area contributed by atoms with E-state index in [1.807, 2.05) is 29.6 Å². The molecule has 0 bridgehead atoms. The lowest BCUT2D eigenvalue weighted by Gasteiger charge is -2.10. The molecule has 1 atom stereocenters. The van der Waals surface area contributed by atoms with Gasteiger partial charge < -0.3 is 10.5 Å². The highest BCUT2D eigenvalue weighted by molar-refractivity contribution is 7.07. The Morgan fingerprint density at radius 3 is 2.65 bits per heavy atom. The largest absolute Gasteiger partial charge is 0.490 e. The van der Waals surface area contributed by atoms with Crippen LogP contribution in [-0.4, -0.2) is 11.1 Å². The standard InChI is InChI=1S/C13H14N2OS/c14-13(12-7-17-8-15-12)9-1-3-10(4-2-9)16-11-5-6-11/h1-4,7-8,11,13H,5-6,14H2. The number of nitrogens with two attached hydrogens (primary N) is 1. The number of aromatic nitrogens is 1. The summed E-state index contributed by atoms with van der Waals surface area (Å²) < 4.78 is 5.70. The minimum Gasteiger partial charge on any atom is -0.490 e. The first-order valence-electron chi connectivity index (χ1n) is 5.73. The zero-order valence-corrected chi connectivity index (χ0v) is 10.2. The summed E-state index contributed by atoms with van der Waals surface area (Å²) in [6.45, 7) is 0. The summed E-state index contributed by atoms with van der Waals surface area (Å²) in [5.74, 6) is 0.932. The third kappa shape index (κ3) is 2.48. The number of rotatable bonds is 4. The van der Waals surface area contributed by atoms with Crippen molar-refractivity contribution in [2.45, 2.75) is 25.0 Å². The van der Waals surface area contributed by atoms with Gasteiger partial charge in [-0.3, -0.25) is 0 Å². The summed E-state index contributed by atoms with van der Waals surface area (Å²) in [5.41, 5.74) is 9.92. The number of hydrogen-bond donors (Lipinski definition) is 1. The quantitative estimate of drug-likeness (QED) is 0.902. The van der Waals surface area contributed by atoms with E-state index in [9.17, 15) is 0 Å². The molecule has 3 rings (SSSR count). The van der Waals surface area contributed by atoms with Gasteiger partial charge in [-0.15, -0.1) is 11.3 Å². The fourth-order valence-electron chi connectivity index (χ4n) is 1.68. The van der Waals surface area contributed by atoms with Crippen LogP contribution in [0.15, 0.2) is 35.2 Å². The zero-order valence-electron chi connectivity index (χ0n) is 9.37. The zero-order chi connectivity index (χ0) is 11.7. The Kier molecular flexibility index (Phi) is 2.82. The van der Waals surface area contributed by atoms with Crippen molar-refractivity contribution in [3.8, 4) is 5.75 Å². The second-order valence-electron chi connectivity index (χ2n) is 4.28. The van der Waals surface area contributed by atoms with Gasteiger partial charge in [-0.05, 0) is 30.5 Å². The molecular formula is C13H14N2OS. The number of thiazole rings is 1. The smallest absolute Gasteiger partial charge is 0.119 e. The van der Waals surface area contributed by atoms with Crippen LogP contribution in [0.4, 0.5) is 0 Å². The summed E-state index contributed by atoms with van der Waals surface area (Å²) in [6.07, 6.45) is 2.80. The highest BCUT2D eigenvalue weighted by Gasteiger charge is 2.23. The van der Waals surface area contributed by atoms with Crippen molar-refractivity contribution in [3.05, 3.63) is 46.4 Å². The second kappa shape index (κ2) is 4.47. The molecule has 1 fully saturated rings. The number of nitrogens with zero attached hydrogens (tertiary/aromatic N) is 1. The third-order valence-corrected chi connectivity index (χ3v) is 3.44. The normalized spacial score (nSPS) is 16.8. The molecule has 1 heterocycles. The Hall–Kier alpha value is -1.39.